The number of H-pyrrole nitrogens is 1. The smallest absolute Gasteiger partial charge is 0.293 e. The molecule has 14 heavy (non-hydrogen) atoms. The van der Waals surface area contributed by atoms with E-state index < -0.39 is 18.9 Å². The summed E-state index contributed by atoms with van der Waals surface area (Å²) in [6.45, 7) is 1.00. The van der Waals surface area contributed by atoms with E-state index in [-0.39, 0.29) is 5.82 Å². The number of aryl methyl sites for hydroxylation is 1. The number of hydrogen-bond acceptors (Lipinski definition) is 3. The van der Waals surface area contributed by atoms with Crippen LogP contribution in [0.3, 0.4) is 0 Å². The van der Waals surface area contributed by atoms with Crippen LogP contribution in [0.15, 0.2) is 0 Å². The van der Waals surface area contributed by atoms with Crippen molar-refractivity contribution in [3.63, 3.8) is 0 Å². The highest BCUT2D eigenvalue weighted by atomic mass is 19.3. The predicted molar refractivity (Wildman–Crippen MR) is 44.1 cm³/mol. The molecule has 0 radical (unpaired) electrons. The van der Waals surface area contributed by atoms with Gasteiger partial charge in [-0.25, -0.2) is 13.8 Å². The van der Waals surface area contributed by atoms with Crippen molar-refractivity contribution in [3.05, 3.63) is 11.6 Å². The van der Waals surface area contributed by atoms with E-state index in [1.807, 2.05) is 0 Å². The van der Waals surface area contributed by atoms with Gasteiger partial charge in [0, 0.05) is 7.05 Å². The molecule has 1 heterocycles. The van der Waals surface area contributed by atoms with E-state index in [2.05, 4.69) is 15.2 Å². The van der Waals surface area contributed by atoms with Crippen molar-refractivity contribution in [2.75, 3.05) is 13.6 Å². The zero-order valence-electron chi connectivity index (χ0n) is 7.79. The van der Waals surface area contributed by atoms with Crippen LogP contribution in [0.2, 0.25) is 0 Å². The molecule has 0 aliphatic rings. The Labute approximate surface area is 79.1 Å². The number of aromatic nitrogens is 3. The Morgan fingerprint density at radius 1 is 1.64 bits per heavy atom. The summed E-state index contributed by atoms with van der Waals surface area (Å²) in [5, 5.41) is 6.03. The van der Waals surface area contributed by atoms with Gasteiger partial charge in [-0.15, -0.1) is 5.10 Å². The Morgan fingerprint density at radius 2 is 2.29 bits per heavy atom. The van der Waals surface area contributed by atoms with Crippen molar-refractivity contribution >= 4 is 5.91 Å². The lowest BCUT2D eigenvalue weighted by Crippen LogP contribution is -2.32. The first-order valence-electron chi connectivity index (χ1n) is 3.93. The van der Waals surface area contributed by atoms with Crippen LogP contribution in [0, 0.1) is 6.92 Å². The van der Waals surface area contributed by atoms with Gasteiger partial charge < -0.3 is 4.90 Å². The Bertz CT molecular complexity index is 325. The molecule has 0 atom stereocenters. The van der Waals surface area contributed by atoms with Gasteiger partial charge in [0.25, 0.3) is 12.3 Å². The minimum atomic E-state index is -2.55. The normalized spacial score (nSPS) is 10.6. The SMILES string of the molecule is Cc1nc(C(=O)N(C)CC(F)F)n[nH]1. The average Bonchev–Trinajstić information content (AvgIpc) is 2.49. The van der Waals surface area contributed by atoms with Crippen LogP contribution in [0.5, 0.6) is 0 Å². The molecule has 7 heteroatoms. The molecule has 1 aromatic rings. The molecule has 0 saturated heterocycles. The fraction of sp³-hybridized carbons (Fsp3) is 0.571. The first-order chi connectivity index (χ1) is 6.50. The quantitative estimate of drug-likeness (QED) is 0.777. The fourth-order valence-corrected chi connectivity index (χ4v) is 0.899. The number of nitrogens with zero attached hydrogens (tertiary/aromatic N) is 3. The highest BCUT2D eigenvalue weighted by Crippen LogP contribution is 2.00. The topological polar surface area (TPSA) is 61.9 Å². The third kappa shape index (κ3) is 2.48. The number of carbonyl (C=O) groups excluding carboxylic acids is 1. The molecule has 0 aromatic carbocycles. The summed E-state index contributed by atoms with van der Waals surface area (Å²) >= 11 is 0. The van der Waals surface area contributed by atoms with Crippen molar-refractivity contribution < 1.29 is 13.6 Å². The van der Waals surface area contributed by atoms with E-state index >= 15 is 0 Å². The van der Waals surface area contributed by atoms with Crippen molar-refractivity contribution in [2.24, 2.45) is 0 Å². The largest absolute Gasteiger partial charge is 0.333 e. The first-order valence-corrected chi connectivity index (χ1v) is 3.93. The van der Waals surface area contributed by atoms with Crippen molar-refractivity contribution in [2.45, 2.75) is 13.3 Å². The predicted octanol–water partition coefficient (Wildman–Crippen LogP) is 0.450. The van der Waals surface area contributed by atoms with E-state index in [4.69, 9.17) is 0 Å². The molecule has 1 rings (SSSR count). The van der Waals surface area contributed by atoms with Gasteiger partial charge >= 0.3 is 0 Å². The number of alkyl halides is 2. The molecule has 0 fully saturated rings. The number of hydrogen-bond donors (Lipinski definition) is 1. The maximum absolute atomic E-state index is 11.9. The summed E-state index contributed by atoms with van der Waals surface area (Å²) in [7, 11) is 1.28. The summed E-state index contributed by atoms with van der Waals surface area (Å²) < 4.78 is 23.8. The average molecular weight is 204 g/mol. The standard InChI is InChI=1S/C7H10F2N4O/c1-4-10-6(12-11-4)7(14)13(2)3-5(8)9/h5H,3H2,1-2H3,(H,10,11,12). The highest BCUT2D eigenvalue weighted by Gasteiger charge is 2.19. The monoisotopic (exact) mass is 204 g/mol. The third-order valence-corrected chi connectivity index (χ3v) is 1.55. The lowest BCUT2D eigenvalue weighted by atomic mass is 10.4. The van der Waals surface area contributed by atoms with Gasteiger partial charge in [0.15, 0.2) is 0 Å². The Morgan fingerprint density at radius 3 is 2.71 bits per heavy atom. The second-order valence-electron chi connectivity index (χ2n) is 2.82. The van der Waals surface area contributed by atoms with Crippen LogP contribution < -0.4 is 0 Å². The molecule has 0 unspecified atom stereocenters. The molecule has 1 aromatic heterocycles. The van der Waals surface area contributed by atoms with Gasteiger partial charge in [0.05, 0.1) is 6.54 Å². The molecule has 0 saturated carbocycles. The molecular formula is C7H10F2N4O. The molecule has 5 nitrogen and oxygen atoms in total. The summed E-state index contributed by atoms with van der Waals surface area (Å²) in [6, 6.07) is 0. The second-order valence-corrected chi connectivity index (χ2v) is 2.82. The summed E-state index contributed by atoms with van der Waals surface area (Å²) in [6.07, 6.45) is -2.55. The minimum absolute atomic E-state index is 0.0920. The molecular weight excluding hydrogens is 194 g/mol. The van der Waals surface area contributed by atoms with Gasteiger partial charge in [-0.1, -0.05) is 0 Å². The van der Waals surface area contributed by atoms with Gasteiger partial charge in [-0.2, -0.15) is 0 Å². The van der Waals surface area contributed by atoms with Crippen LogP contribution in [-0.2, 0) is 0 Å². The number of carbonyl (C=O) groups is 1. The highest BCUT2D eigenvalue weighted by molar-refractivity contribution is 5.90. The van der Waals surface area contributed by atoms with Gasteiger partial charge in [-0.05, 0) is 6.92 Å². The molecule has 0 bridgehead atoms. The summed E-state index contributed by atoms with van der Waals surface area (Å²) in [5.41, 5.74) is 0. The van der Waals surface area contributed by atoms with E-state index in [1.165, 1.54) is 7.05 Å². The van der Waals surface area contributed by atoms with Crippen LogP contribution in [0.1, 0.15) is 16.4 Å². The molecule has 0 aliphatic carbocycles. The number of rotatable bonds is 3. The van der Waals surface area contributed by atoms with Crippen LogP contribution in [-0.4, -0.2) is 46.0 Å². The maximum Gasteiger partial charge on any atom is 0.293 e. The second kappa shape index (κ2) is 4.12. The van der Waals surface area contributed by atoms with Gasteiger partial charge in [0.2, 0.25) is 5.82 Å². The molecule has 1 N–H and O–H groups in total. The zero-order valence-corrected chi connectivity index (χ0v) is 7.79. The number of aromatic amines is 1. The van der Waals surface area contributed by atoms with Crippen LogP contribution >= 0.6 is 0 Å². The first kappa shape index (κ1) is 10.6. The van der Waals surface area contributed by atoms with E-state index in [0.29, 0.717) is 5.82 Å². The molecule has 0 aliphatic heterocycles. The van der Waals surface area contributed by atoms with Crippen LogP contribution in [0.4, 0.5) is 8.78 Å². The molecule has 0 spiro atoms. The van der Waals surface area contributed by atoms with Crippen molar-refractivity contribution in [1.29, 1.82) is 0 Å². The lowest BCUT2D eigenvalue weighted by molar-refractivity contribution is 0.0610. The number of nitrogens with one attached hydrogen (secondary N) is 1. The zero-order chi connectivity index (χ0) is 10.7. The summed E-state index contributed by atoms with van der Waals surface area (Å²) in [4.78, 5) is 16.0. The minimum Gasteiger partial charge on any atom is -0.333 e. The Balaban J connectivity index is 2.65. The number of amides is 1. The van der Waals surface area contributed by atoms with E-state index in [9.17, 15) is 13.6 Å². The van der Waals surface area contributed by atoms with Crippen molar-refractivity contribution in [3.8, 4) is 0 Å². The number of halogens is 2. The van der Waals surface area contributed by atoms with E-state index in [1.54, 1.807) is 6.92 Å². The van der Waals surface area contributed by atoms with Crippen molar-refractivity contribution in [1.82, 2.24) is 20.1 Å². The van der Waals surface area contributed by atoms with Gasteiger partial charge in [-0.3, -0.25) is 9.89 Å². The third-order valence-electron chi connectivity index (χ3n) is 1.55. The maximum atomic E-state index is 11.9. The fourth-order valence-electron chi connectivity index (χ4n) is 0.899. The van der Waals surface area contributed by atoms with Crippen LogP contribution in [0.25, 0.3) is 0 Å². The van der Waals surface area contributed by atoms with E-state index in [0.717, 1.165) is 4.90 Å². The lowest BCUT2D eigenvalue weighted by Gasteiger charge is -2.13. The molecule has 1 amide bonds. The Hall–Kier alpha value is -1.53. The summed E-state index contributed by atoms with van der Waals surface area (Å²) in [5.74, 6) is -0.237. The Kier molecular flexibility index (Phi) is 3.10. The molecule has 78 valence electrons. The van der Waals surface area contributed by atoms with Gasteiger partial charge in [0.1, 0.15) is 5.82 Å².